The second-order valence-corrected chi connectivity index (χ2v) is 4.93. The van der Waals surface area contributed by atoms with Crippen LogP contribution in [-0.2, 0) is 11.3 Å². The maximum Gasteiger partial charge on any atom is 0.426 e. The summed E-state index contributed by atoms with van der Waals surface area (Å²) in [5.74, 6) is -1.34. The Morgan fingerprint density at radius 3 is 2.96 bits per heavy atom. The number of amides is 1. The molecule has 130 valence electrons. The molecule has 0 atom stereocenters. The summed E-state index contributed by atoms with van der Waals surface area (Å²) in [6, 6.07) is 4.52. The van der Waals surface area contributed by atoms with E-state index in [1.165, 1.54) is 18.3 Å². The standard InChI is InChI=1S/C14H14N6O5/c1-2-24-13(22)17-11-6-16-19(18-11)7-12(21)20-9-5-8(15)3-4-10(9)25-14(20)23/h3-6H,2,7,15H2,1H3,(H,17,18,22). The summed E-state index contributed by atoms with van der Waals surface area (Å²) in [5, 5.41) is 10.1. The van der Waals surface area contributed by atoms with Crippen molar-refractivity contribution in [1.82, 2.24) is 19.6 Å². The highest BCUT2D eigenvalue weighted by Crippen LogP contribution is 2.16. The summed E-state index contributed by atoms with van der Waals surface area (Å²) in [5.41, 5.74) is 6.56. The Morgan fingerprint density at radius 2 is 2.20 bits per heavy atom. The topological polar surface area (TPSA) is 147 Å². The van der Waals surface area contributed by atoms with Crippen molar-refractivity contribution in [2.75, 3.05) is 17.7 Å². The molecule has 0 radical (unpaired) electrons. The van der Waals surface area contributed by atoms with E-state index in [0.717, 1.165) is 9.36 Å². The van der Waals surface area contributed by atoms with Gasteiger partial charge in [0.15, 0.2) is 11.4 Å². The maximum atomic E-state index is 12.4. The Bertz CT molecular complexity index is 1000. The van der Waals surface area contributed by atoms with Gasteiger partial charge in [-0.3, -0.25) is 10.1 Å². The highest BCUT2D eigenvalue weighted by atomic mass is 16.5. The number of nitrogens with one attached hydrogen (secondary N) is 1. The van der Waals surface area contributed by atoms with Gasteiger partial charge in [-0.05, 0) is 25.1 Å². The molecule has 3 rings (SSSR count). The molecule has 2 aromatic heterocycles. The third kappa shape index (κ3) is 3.34. The van der Waals surface area contributed by atoms with Crippen LogP contribution in [0.4, 0.5) is 16.3 Å². The summed E-state index contributed by atoms with van der Waals surface area (Å²) < 4.78 is 10.6. The third-order valence-electron chi connectivity index (χ3n) is 3.17. The van der Waals surface area contributed by atoms with Gasteiger partial charge in [-0.2, -0.15) is 9.90 Å². The predicted molar refractivity (Wildman–Crippen MR) is 86.2 cm³/mol. The Morgan fingerprint density at radius 1 is 1.40 bits per heavy atom. The molecule has 0 unspecified atom stereocenters. The van der Waals surface area contributed by atoms with Gasteiger partial charge in [0.25, 0.3) is 5.91 Å². The summed E-state index contributed by atoms with van der Waals surface area (Å²) in [6.07, 6.45) is 0.562. The molecule has 0 aliphatic heterocycles. The average Bonchev–Trinajstić information content (AvgIpc) is 3.10. The smallest absolute Gasteiger partial charge is 0.426 e. The number of oxazole rings is 1. The van der Waals surface area contributed by atoms with Crippen molar-refractivity contribution >= 4 is 34.6 Å². The van der Waals surface area contributed by atoms with Crippen LogP contribution in [0.2, 0.25) is 0 Å². The number of anilines is 2. The molecule has 0 spiro atoms. The molecule has 1 aromatic carbocycles. The predicted octanol–water partition coefficient (Wildman–Crippen LogP) is 0.677. The zero-order valence-electron chi connectivity index (χ0n) is 13.1. The van der Waals surface area contributed by atoms with Gasteiger partial charge in [-0.15, -0.1) is 5.10 Å². The van der Waals surface area contributed by atoms with Crippen molar-refractivity contribution in [3.8, 4) is 0 Å². The fourth-order valence-electron chi connectivity index (χ4n) is 2.16. The Hall–Kier alpha value is -3.63. The summed E-state index contributed by atoms with van der Waals surface area (Å²) in [7, 11) is 0. The number of nitrogen functional groups attached to an aromatic ring is 1. The van der Waals surface area contributed by atoms with Crippen LogP contribution in [0, 0.1) is 0 Å². The van der Waals surface area contributed by atoms with Crippen molar-refractivity contribution in [3.63, 3.8) is 0 Å². The third-order valence-corrected chi connectivity index (χ3v) is 3.17. The Balaban J connectivity index is 1.80. The summed E-state index contributed by atoms with van der Waals surface area (Å²) in [4.78, 5) is 36.7. The first-order chi connectivity index (χ1) is 12.0. The summed E-state index contributed by atoms with van der Waals surface area (Å²) >= 11 is 0. The van der Waals surface area contributed by atoms with Gasteiger partial charge in [0.2, 0.25) is 0 Å². The highest BCUT2D eigenvalue weighted by Gasteiger charge is 2.18. The number of benzene rings is 1. The van der Waals surface area contributed by atoms with Crippen molar-refractivity contribution in [1.29, 1.82) is 0 Å². The number of ether oxygens (including phenoxy) is 1. The Kier molecular flexibility index (Phi) is 4.20. The van der Waals surface area contributed by atoms with Crippen molar-refractivity contribution in [3.05, 3.63) is 34.9 Å². The van der Waals surface area contributed by atoms with Crippen molar-refractivity contribution in [2.45, 2.75) is 13.5 Å². The van der Waals surface area contributed by atoms with Crippen LogP contribution in [0.25, 0.3) is 11.1 Å². The minimum absolute atomic E-state index is 0.111. The molecular formula is C14H14N6O5. The number of hydrogen-bond acceptors (Lipinski definition) is 8. The normalized spacial score (nSPS) is 10.8. The quantitative estimate of drug-likeness (QED) is 0.655. The van der Waals surface area contributed by atoms with Gasteiger partial charge in [0, 0.05) is 5.69 Å². The zero-order valence-corrected chi connectivity index (χ0v) is 13.1. The Labute approximate surface area is 140 Å². The molecule has 3 N–H and O–H groups in total. The lowest BCUT2D eigenvalue weighted by Gasteiger charge is -2.02. The van der Waals surface area contributed by atoms with Crippen molar-refractivity contribution in [2.24, 2.45) is 0 Å². The maximum absolute atomic E-state index is 12.4. The van der Waals surface area contributed by atoms with Crippen LogP contribution < -0.4 is 16.8 Å². The van der Waals surface area contributed by atoms with E-state index in [1.54, 1.807) is 13.0 Å². The number of fused-ring (bicyclic) bond motifs is 1. The van der Waals surface area contributed by atoms with E-state index in [4.69, 9.17) is 14.9 Å². The van der Waals surface area contributed by atoms with E-state index in [9.17, 15) is 14.4 Å². The number of nitrogens with zero attached hydrogens (tertiary/aromatic N) is 4. The molecule has 1 amide bonds. The monoisotopic (exact) mass is 346 g/mol. The molecule has 0 bridgehead atoms. The second-order valence-electron chi connectivity index (χ2n) is 4.93. The zero-order chi connectivity index (χ0) is 18.0. The molecule has 0 aliphatic carbocycles. The van der Waals surface area contributed by atoms with Gasteiger partial charge >= 0.3 is 11.8 Å². The first kappa shape index (κ1) is 16.2. The van der Waals surface area contributed by atoms with E-state index in [-0.39, 0.29) is 30.1 Å². The van der Waals surface area contributed by atoms with Crippen LogP contribution in [0.15, 0.2) is 33.6 Å². The van der Waals surface area contributed by atoms with Crippen LogP contribution in [0.1, 0.15) is 11.7 Å². The highest BCUT2D eigenvalue weighted by molar-refractivity contribution is 5.90. The SMILES string of the molecule is CCOC(=O)Nc1cnn(CC(=O)n2c(=O)oc3ccc(N)cc32)n1. The van der Waals surface area contributed by atoms with Gasteiger partial charge in [-0.1, -0.05) is 0 Å². The van der Waals surface area contributed by atoms with E-state index in [1.807, 2.05) is 0 Å². The van der Waals surface area contributed by atoms with Crippen LogP contribution in [0.3, 0.4) is 0 Å². The van der Waals surface area contributed by atoms with Gasteiger partial charge < -0.3 is 14.9 Å². The van der Waals surface area contributed by atoms with Crippen LogP contribution >= 0.6 is 0 Å². The summed E-state index contributed by atoms with van der Waals surface area (Å²) in [6.45, 7) is 1.53. The largest absolute Gasteiger partial charge is 0.450 e. The molecule has 0 aliphatic rings. The first-order valence-electron chi connectivity index (χ1n) is 7.26. The van der Waals surface area contributed by atoms with E-state index in [2.05, 4.69) is 15.5 Å². The lowest BCUT2D eigenvalue weighted by molar-refractivity contribution is 0.0877. The van der Waals surface area contributed by atoms with Crippen LogP contribution in [0.5, 0.6) is 0 Å². The molecule has 0 saturated heterocycles. The number of aromatic nitrogens is 4. The fraction of sp³-hybridized carbons (Fsp3) is 0.214. The second kappa shape index (κ2) is 6.47. The molecule has 11 heteroatoms. The van der Waals surface area contributed by atoms with E-state index < -0.39 is 17.8 Å². The first-order valence-corrected chi connectivity index (χ1v) is 7.26. The molecule has 0 saturated carbocycles. The van der Waals surface area contributed by atoms with Gasteiger partial charge in [0.05, 0.1) is 12.8 Å². The number of carbonyl (C=O) groups excluding carboxylic acids is 2. The van der Waals surface area contributed by atoms with E-state index in [0.29, 0.717) is 5.69 Å². The lowest BCUT2D eigenvalue weighted by atomic mass is 10.3. The molecule has 2 heterocycles. The molecule has 3 aromatic rings. The molecular weight excluding hydrogens is 332 g/mol. The van der Waals surface area contributed by atoms with Crippen LogP contribution in [-0.4, -0.2) is 38.2 Å². The average molecular weight is 346 g/mol. The molecule has 0 fully saturated rings. The van der Waals surface area contributed by atoms with Gasteiger partial charge in [0.1, 0.15) is 12.1 Å². The number of nitrogens with two attached hydrogens (primary N) is 1. The number of hydrogen-bond donors (Lipinski definition) is 2. The van der Waals surface area contributed by atoms with Crippen molar-refractivity contribution < 1.29 is 18.7 Å². The molecule has 25 heavy (non-hydrogen) atoms. The molecule has 11 nitrogen and oxygen atoms in total. The minimum Gasteiger partial charge on any atom is -0.450 e. The number of rotatable bonds is 4. The van der Waals surface area contributed by atoms with E-state index >= 15 is 0 Å². The number of carbonyl (C=O) groups is 2. The fourth-order valence-corrected chi connectivity index (χ4v) is 2.16. The minimum atomic E-state index is -0.831. The van der Waals surface area contributed by atoms with Gasteiger partial charge in [-0.25, -0.2) is 14.2 Å². The lowest BCUT2D eigenvalue weighted by Crippen LogP contribution is -2.27.